The van der Waals surface area contributed by atoms with Crippen LogP contribution in [0.25, 0.3) is 0 Å². The molecule has 0 aliphatic rings. The van der Waals surface area contributed by atoms with Crippen molar-refractivity contribution in [2.75, 3.05) is 6.61 Å². The lowest BCUT2D eigenvalue weighted by atomic mass is 10.1. The second kappa shape index (κ2) is 6.70. The Morgan fingerprint density at radius 3 is 2.46 bits per heavy atom. The highest BCUT2D eigenvalue weighted by molar-refractivity contribution is 5.65. The Morgan fingerprint density at radius 2 is 2.00 bits per heavy atom. The van der Waals surface area contributed by atoms with Gasteiger partial charge in [-0.05, 0) is 32.6 Å². The third-order valence-electron chi connectivity index (χ3n) is 1.78. The molecule has 0 amide bonds. The van der Waals surface area contributed by atoms with Crippen molar-refractivity contribution in [1.29, 1.82) is 0 Å². The lowest BCUT2D eigenvalue weighted by molar-refractivity contribution is -0.142. The molecular formula is C11H20O2. The molecular weight excluding hydrogens is 164 g/mol. The fourth-order valence-corrected chi connectivity index (χ4v) is 0.999. The number of hydrogen-bond acceptors (Lipinski definition) is 2. The molecule has 0 fully saturated rings. The summed E-state index contributed by atoms with van der Waals surface area (Å²) in [7, 11) is 0. The zero-order valence-electron chi connectivity index (χ0n) is 9.09. The van der Waals surface area contributed by atoms with Crippen LogP contribution in [0, 0.1) is 5.92 Å². The van der Waals surface area contributed by atoms with Crippen LogP contribution in [0.1, 0.15) is 40.5 Å². The zero-order chi connectivity index (χ0) is 10.3. The van der Waals surface area contributed by atoms with Crippen LogP contribution in [0.5, 0.6) is 0 Å². The summed E-state index contributed by atoms with van der Waals surface area (Å²) in [4.78, 5) is 10.5. The molecule has 0 N–H and O–H groups in total. The molecule has 0 bridgehead atoms. The zero-order valence-corrected chi connectivity index (χ0v) is 9.09. The number of carbonyl (C=O) groups is 1. The fraction of sp³-hybridized carbons (Fsp3) is 0.727. The van der Waals surface area contributed by atoms with Gasteiger partial charge in [-0.2, -0.15) is 0 Å². The first kappa shape index (κ1) is 12.2. The van der Waals surface area contributed by atoms with E-state index in [1.165, 1.54) is 12.5 Å². The lowest BCUT2D eigenvalue weighted by Crippen LogP contribution is -2.08. The normalized spacial score (nSPS) is 12.0. The molecule has 2 heteroatoms. The number of carbonyl (C=O) groups excluding carboxylic acids is 1. The van der Waals surface area contributed by atoms with Crippen molar-refractivity contribution < 1.29 is 9.53 Å². The van der Waals surface area contributed by atoms with E-state index in [0.29, 0.717) is 12.5 Å². The molecule has 0 aromatic carbocycles. The van der Waals surface area contributed by atoms with Gasteiger partial charge < -0.3 is 4.74 Å². The average molecular weight is 184 g/mol. The molecule has 0 radical (unpaired) electrons. The van der Waals surface area contributed by atoms with E-state index in [1.807, 2.05) is 0 Å². The van der Waals surface area contributed by atoms with Crippen LogP contribution >= 0.6 is 0 Å². The minimum atomic E-state index is -0.186. The third-order valence-corrected chi connectivity index (χ3v) is 1.78. The smallest absolute Gasteiger partial charge is 0.302 e. The van der Waals surface area contributed by atoms with Gasteiger partial charge in [0.2, 0.25) is 0 Å². The Kier molecular flexibility index (Phi) is 6.29. The van der Waals surface area contributed by atoms with Crippen LogP contribution in [-0.4, -0.2) is 12.6 Å². The second-order valence-electron chi connectivity index (χ2n) is 3.77. The van der Waals surface area contributed by atoms with E-state index in [-0.39, 0.29) is 5.97 Å². The molecule has 13 heavy (non-hydrogen) atoms. The van der Waals surface area contributed by atoms with Gasteiger partial charge in [0.1, 0.15) is 0 Å². The van der Waals surface area contributed by atoms with Crippen molar-refractivity contribution in [3.63, 3.8) is 0 Å². The fourth-order valence-electron chi connectivity index (χ4n) is 0.999. The maximum absolute atomic E-state index is 10.5. The van der Waals surface area contributed by atoms with E-state index < -0.39 is 0 Å². The summed E-state index contributed by atoms with van der Waals surface area (Å²) in [5.41, 5.74) is 1.35. The Bertz CT molecular complexity index is 179. The third kappa shape index (κ3) is 9.12. The summed E-state index contributed by atoms with van der Waals surface area (Å²) in [6.07, 6.45) is 4.37. The molecule has 0 aromatic rings. The maximum atomic E-state index is 10.5. The monoisotopic (exact) mass is 184 g/mol. The van der Waals surface area contributed by atoms with E-state index in [9.17, 15) is 4.79 Å². The van der Waals surface area contributed by atoms with Crippen molar-refractivity contribution in [2.24, 2.45) is 5.92 Å². The van der Waals surface area contributed by atoms with Gasteiger partial charge in [-0.3, -0.25) is 4.79 Å². The summed E-state index contributed by atoms with van der Waals surface area (Å²) < 4.78 is 4.90. The van der Waals surface area contributed by atoms with Gasteiger partial charge in [0.05, 0.1) is 6.61 Å². The standard InChI is InChI=1S/C11H20O2/c1-9(2)6-5-7-10(3)8-13-11(4)12/h6,10H,5,7-8H2,1-4H3. The summed E-state index contributed by atoms with van der Waals surface area (Å²) in [5, 5.41) is 0. The van der Waals surface area contributed by atoms with Crippen molar-refractivity contribution in [1.82, 2.24) is 0 Å². The Labute approximate surface area is 81.0 Å². The number of hydrogen-bond donors (Lipinski definition) is 0. The van der Waals surface area contributed by atoms with Crippen LogP contribution in [-0.2, 0) is 9.53 Å². The van der Waals surface area contributed by atoms with Crippen LogP contribution in [0.3, 0.4) is 0 Å². The van der Waals surface area contributed by atoms with Crippen molar-refractivity contribution in [2.45, 2.75) is 40.5 Å². The number of ether oxygens (including phenoxy) is 1. The molecule has 76 valence electrons. The van der Waals surface area contributed by atoms with Crippen LogP contribution in [0.4, 0.5) is 0 Å². The van der Waals surface area contributed by atoms with Crippen molar-refractivity contribution in [3.05, 3.63) is 11.6 Å². The van der Waals surface area contributed by atoms with Crippen LogP contribution < -0.4 is 0 Å². The van der Waals surface area contributed by atoms with E-state index in [1.54, 1.807) is 0 Å². The number of rotatable bonds is 5. The maximum Gasteiger partial charge on any atom is 0.302 e. The molecule has 0 saturated heterocycles. The number of allylic oxidation sites excluding steroid dienone is 2. The molecule has 0 spiro atoms. The largest absolute Gasteiger partial charge is 0.466 e. The quantitative estimate of drug-likeness (QED) is 0.485. The van der Waals surface area contributed by atoms with Crippen LogP contribution in [0.15, 0.2) is 11.6 Å². The SMILES string of the molecule is CC(=O)OCC(C)CCC=C(C)C. The summed E-state index contributed by atoms with van der Waals surface area (Å²) in [6, 6.07) is 0. The van der Waals surface area contributed by atoms with Gasteiger partial charge in [0.15, 0.2) is 0 Å². The number of esters is 1. The molecule has 0 aliphatic heterocycles. The van der Waals surface area contributed by atoms with E-state index in [2.05, 4.69) is 26.8 Å². The van der Waals surface area contributed by atoms with E-state index in [4.69, 9.17) is 4.74 Å². The Morgan fingerprint density at radius 1 is 1.38 bits per heavy atom. The summed E-state index contributed by atoms with van der Waals surface area (Å²) in [6.45, 7) is 8.28. The Balaban J connectivity index is 3.46. The van der Waals surface area contributed by atoms with Gasteiger partial charge in [-0.25, -0.2) is 0 Å². The highest BCUT2D eigenvalue weighted by Gasteiger charge is 2.02. The van der Waals surface area contributed by atoms with Crippen molar-refractivity contribution in [3.8, 4) is 0 Å². The first-order valence-electron chi connectivity index (χ1n) is 4.79. The summed E-state index contributed by atoms with van der Waals surface area (Å²) >= 11 is 0. The predicted octanol–water partition coefficient (Wildman–Crippen LogP) is 2.93. The van der Waals surface area contributed by atoms with E-state index in [0.717, 1.165) is 12.8 Å². The minimum Gasteiger partial charge on any atom is -0.466 e. The highest BCUT2D eigenvalue weighted by atomic mass is 16.5. The average Bonchev–Trinajstić information content (AvgIpc) is 2.00. The topological polar surface area (TPSA) is 26.3 Å². The molecule has 0 aromatic heterocycles. The van der Waals surface area contributed by atoms with E-state index >= 15 is 0 Å². The molecule has 0 rings (SSSR count). The summed E-state index contributed by atoms with van der Waals surface area (Å²) in [5.74, 6) is 0.272. The van der Waals surface area contributed by atoms with Gasteiger partial charge in [-0.1, -0.05) is 18.6 Å². The second-order valence-corrected chi connectivity index (χ2v) is 3.77. The molecule has 1 atom stereocenters. The van der Waals surface area contributed by atoms with Crippen LogP contribution in [0.2, 0.25) is 0 Å². The van der Waals surface area contributed by atoms with Crippen molar-refractivity contribution >= 4 is 5.97 Å². The minimum absolute atomic E-state index is 0.186. The van der Waals surface area contributed by atoms with Gasteiger partial charge >= 0.3 is 5.97 Å². The van der Waals surface area contributed by atoms with Gasteiger partial charge in [-0.15, -0.1) is 0 Å². The first-order chi connectivity index (χ1) is 6.02. The Hall–Kier alpha value is -0.790. The molecule has 1 unspecified atom stereocenters. The molecule has 2 nitrogen and oxygen atoms in total. The molecule has 0 aliphatic carbocycles. The highest BCUT2D eigenvalue weighted by Crippen LogP contribution is 2.08. The molecule has 0 saturated carbocycles. The van der Waals surface area contributed by atoms with Gasteiger partial charge in [0, 0.05) is 6.92 Å². The van der Waals surface area contributed by atoms with Gasteiger partial charge in [0.25, 0.3) is 0 Å². The predicted molar refractivity (Wildman–Crippen MR) is 54.5 cm³/mol. The molecule has 0 heterocycles. The lowest BCUT2D eigenvalue weighted by Gasteiger charge is -2.09. The first-order valence-corrected chi connectivity index (χ1v) is 4.79.